The Balaban J connectivity index is 2.53. The standard InChI is InChI=1S/C5H9FO4/c6-3-2(1-7)10-5(9)4(3)8/h2-5,7-9H,1H2/t2-,3-,4+,5-/m1/s1. The Kier molecular flexibility index (Phi) is 2.20. The first kappa shape index (κ1) is 7.87. The third kappa shape index (κ3) is 1.13. The molecule has 0 aliphatic carbocycles. The van der Waals surface area contributed by atoms with Crippen LogP contribution in [0.15, 0.2) is 0 Å². The Morgan fingerprint density at radius 3 is 2.20 bits per heavy atom. The molecule has 1 aliphatic heterocycles. The predicted octanol–water partition coefficient (Wildman–Crippen LogP) is -1.61. The molecule has 1 saturated heterocycles. The van der Waals surface area contributed by atoms with E-state index in [4.69, 9.17) is 15.3 Å². The summed E-state index contributed by atoms with van der Waals surface area (Å²) in [6.07, 6.45) is -5.82. The van der Waals surface area contributed by atoms with Crippen LogP contribution in [0.3, 0.4) is 0 Å². The minimum atomic E-state index is -1.69. The number of hydrogen-bond donors (Lipinski definition) is 3. The van der Waals surface area contributed by atoms with Crippen LogP contribution in [-0.2, 0) is 4.74 Å². The average molecular weight is 152 g/mol. The summed E-state index contributed by atoms with van der Waals surface area (Å²) in [5.41, 5.74) is 0. The molecule has 1 rings (SSSR count). The lowest BCUT2D eigenvalue weighted by Crippen LogP contribution is -2.29. The minimum Gasteiger partial charge on any atom is -0.394 e. The van der Waals surface area contributed by atoms with Gasteiger partial charge in [0.25, 0.3) is 0 Å². The van der Waals surface area contributed by atoms with Crippen LogP contribution in [0.25, 0.3) is 0 Å². The van der Waals surface area contributed by atoms with Gasteiger partial charge in [-0.25, -0.2) is 4.39 Å². The maximum absolute atomic E-state index is 12.5. The molecule has 0 amide bonds. The SMILES string of the molecule is OC[C@H]1O[C@@H](O)[C@@H](O)[C@@H]1F. The van der Waals surface area contributed by atoms with Gasteiger partial charge in [0, 0.05) is 0 Å². The molecular formula is C5H9FO4. The molecular weight excluding hydrogens is 143 g/mol. The smallest absolute Gasteiger partial charge is 0.184 e. The highest BCUT2D eigenvalue weighted by molar-refractivity contribution is 4.85. The fraction of sp³-hybridized carbons (Fsp3) is 1.00. The fourth-order valence-electron chi connectivity index (χ4n) is 0.856. The Morgan fingerprint density at radius 2 is 2.00 bits per heavy atom. The van der Waals surface area contributed by atoms with Gasteiger partial charge in [-0.3, -0.25) is 0 Å². The van der Waals surface area contributed by atoms with Crippen molar-refractivity contribution in [3.05, 3.63) is 0 Å². The number of rotatable bonds is 1. The Morgan fingerprint density at radius 1 is 1.40 bits per heavy atom. The molecule has 0 spiro atoms. The monoisotopic (exact) mass is 152 g/mol. The van der Waals surface area contributed by atoms with E-state index < -0.39 is 31.3 Å². The molecule has 10 heavy (non-hydrogen) atoms. The number of aliphatic hydroxyl groups excluding tert-OH is 3. The summed E-state index contributed by atoms with van der Waals surface area (Å²) in [7, 11) is 0. The first-order valence-electron chi connectivity index (χ1n) is 2.93. The van der Waals surface area contributed by atoms with Gasteiger partial charge in [-0.15, -0.1) is 0 Å². The molecule has 3 N–H and O–H groups in total. The van der Waals surface area contributed by atoms with Crippen molar-refractivity contribution in [1.29, 1.82) is 0 Å². The van der Waals surface area contributed by atoms with Gasteiger partial charge >= 0.3 is 0 Å². The summed E-state index contributed by atoms with van der Waals surface area (Å²) in [5.74, 6) is 0. The minimum absolute atomic E-state index is 0.532. The number of alkyl halides is 1. The Labute approximate surface area is 56.9 Å². The van der Waals surface area contributed by atoms with Crippen LogP contribution in [-0.4, -0.2) is 46.6 Å². The van der Waals surface area contributed by atoms with Crippen LogP contribution < -0.4 is 0 Å². The Hall–Kier alpha value is -0.230. The molecule has 60 valence electrons. The fourth-order valence-corrected chi connectivity index (χ4v) is 0.856. The van der Waals surface area contributed by atoms with Crippen molar-refractivity contribution in [1.82, 2.24) is 0 Å². The van der Waals surface area contributed by atoms with E-state index in [0.717, 1.165) is 0 Å². The highest BCUT2D eigenvalue weighted by atomic mass is 19.1. The second-order valence-electron chi connectivity index (χ2n) is 2.18. The van der Waals surface area contributed by atoms with Gasteiger partial charge < -0.3 is 20.1 Å². The molecule has 4 nitrogen and oxygen atoms in total. The third-order valence-electron chi connectivity index (χ3n) is 1.47. The summed E-state index contributed by atoms with van der Waals surface area (Å²) in [5, 5.41) is 25.7. The first-order chi connectivity index (χ1) is 4.66. The molecule has 0 radical (unpaired) electrons. The Bertz CT molecular complexity index is 120. The van der Waals surface area contributed by atoms with Gasteiger partial charge in [-0.05, 0) is 0 Å². The molecule has 0 aromatic carbocycles. The van der Waals surface area contributed by atoms with Crippen molar-refractivity contribution in [2.75, 3.05) is 6.61 Å². The molecule has 0 aromatic rings. The number of hydrogen-bond acceptors (Lipinski definition) is 4. The lowest BCUT2D eigenvalue weighted by atomic mass is 10.2. The maximum atomic E-state index is 12.5. The van der Waals surface area contributed by atoms with Gasteiger partial charge in [-0.1, -0.05) is 0 Å². The van der Waals surface area contributed by atoms with Crippen LogP contribution in [0, 0.1) is 0 Å². The second kappa shape index (κ2) is 2.79. The van der Waals surface area contributed by atoms with E-state index in [2.05, 4.69) is 4.74 Å². The zero-order valence-electron chi connectivity index (χ0n) is 5.14. The molecule has 1 heterocycles. The summed E-state index contributed by atoms with van der Waals surface area (Å²) in [6, 6.07) is 0. The van der Waals surface area contributed by atoms with Crippen molar-refractivity contribution in [2.24, 2.45) is 0 Å². The largest absolute Gasteiger partial charge is 0.394 e. The number of halogens is 1. The quantitative estimate of drug-likeness (QED) is 0.423. The number of ether oxygens (including phenoxy) is 1. The van der Waals surface area contributed by atoms with E-state index in [0.29, 0.717) is 0 Å². The van der Waals surface area contributed by atoms with E-state index in [-0.39, 0.29) is 0 Å². The van der Waals surface area contributed by atoms with Crippen molar-refractivity contribution in [3.63, 3.8) is 0 Å². The predicted molar refractivity (Wildman–Crippen MR) is 28.9 cm³/mol. The summed E-state index contributed by atoms with van der Waals surface area (Å²) in [4.78, 5) is 0. The van der Waals surface area contributed by atoms with E-state index in [9.17, 15) is 4.39 Å². The first-order valence-corrected chi connectivity index (χ1v) is 2.93. The van der Waals surface area contributed by atoms with Crippen LogP contribution >= 0.6 is 0 Å². The van der Waals surface area contributed by atoms with Crippen LogP contribution in [0.5, 0.6) is 0 Å². The van der Waals surface area contributed by atoms with E-state index in [1.165, 1.54) is 0 Å². The molecule has 5 heteroatoms. The van der Waals surface area contributed by atoms with Crippen molar-refractivity contribution < 1.29 is 24.4 Å². The molecule has 0 bridgehead atoms. The van der Waals surface area contributed by atoms with E-state index in [1.807, 2.05) is 0 Å². The third-order valence-corrected chi connectivity index (χ3v) is 1.47. The van der Waals surface area contributed by atoms with Gasteiger partial charge in [0.2, 0.25) is 0 Å². The summed E-state index contributed by atoms with van der Waals surface area (Å²) >= 11 is 0. The zero-order valence-corrected chi connectivity index (χ0v) is 5.14. The van der Waals surface area contributed by atoms with Crippen molar-refractivity contribution >= 4 is 0 Å². The van der Waals surface area contributed by atoms with Crippen molar-refractivity contribution in [2.45, 2.75) is 24.7 Å². The van der Waals surface area contributed by atoms with Gasteiger partial charge in [0.15, 0.2) is 12.5 Å². The van der Waals surface area contributed by atoms with Crippen LogP contribution in [0.4, 0.5) is 4.39 Å². The second-order valence-corrected chi connectivity index (χ2v) is 2.18. The van der Waals surface area contributed by atoms with Gasteiger partial charge in [-0.2, -0.15) is 0 Å². The lowest BCUT2D eigenvalue weighted by molar-refractivity contribution is -0.132. The maximum Gasteiger partial charge on any atom is 0.184 e. The molecule has 1 aliphatic rings. The topological polar surface area (TPSA) is 69.9 Å². The van der Waals surface area contributed by atoms with Crippen molar-refractivity contribution in [3.8, 4) is 0 Å². The van der Waals surface area contributed by atoms with E-state index in [1.54, 1.807) is 0 Å². The number of aliphatic hydroxyl groups is 3. The molecule has 1 fully saturated rings. The lowest BCUT2D eigenvalue weighted by Gasteiger charge is -2.06. The summed E-state index contributed by atoms with van der Waals surface area (Å²) in [6.45, 7) is -0.532. The van der Waals surface area contributed by atoms with Crippen LogP contribution in [0.2, 0.25) is 0 Å². The van der Waals surface area contributed by atoms with E-state index >= 15 is 0 Å². The highest BCUT2D eigenvalue weighted by Gasteiger charge is 2.42. The molecule has 4 atom stereocenters. The van der Waals surface area contributed by atoms with Gasteiger partial charge in [0.05, 0.1) is 6.61 Å². The average Bonchev–Trinajstić information content (AvgIpc) is 2.17. The van der Waals surface area contributed by atoms with Gasteiger partial charge in [0.1, 0.15) is 12.2 Å². The zero-order chi connectivity index (χ0) is 7.72. The molecule has 0 aromatic heterocycles. The van der Waals surface area contributed by atoms with Crippen LogP contribution in [0.1, 0.15) is 0 Å². The normalized spacial score (nSPS) is 48.0. The summed E-state index contributed by atoms with van der Waals surface area (Å²) < 4.78 is 17.0. The molecule has 0 saturated carbocycles. The highest BCUT2D eigenvalue weighted by Crippen LogP contribution is 2.21. The molecule has 0 unspecified atom stereocenters.